The summed E-state index contributed by atoms with van der Waals surface area (Å²) >= 11 is 0. The quantitative estimate of drug-likeness (QED) is 0.673. The summed E-state index contributed by atoms with van der Waals surface area (Å²) in [5, 5.41) is 18.3. The van der Waals surface area contributed by atoms with E-state index in [-0.39, 0.29) is 4.90 Å². The molecule has 0 spiro atoms. The summed E-state index contributed by atoms with van der Waals surface area (Å²) < 4.78 is 31.1. The monoisotopic (exact) mass is 370 g/mol. The Morgan fingerprint density at radius 1 is 1.16 bits per heavy atom. The van der Waals surface area contributed by atoms with Crippen molar-refractivity contribution in [2.24, 2.45) is 10.3 Å². The number of benzene rings is 1. The van der Waals surface area contributed by atoms with Gasteiger partial charge >= 0.3 is 5.97 Å². The van der Waals surface area contributed by atoms with Crippen molar-refractivity contribution >= 4 is 27.6 Å². The predicted molar refractivity (Wildman–Crippen MR) is 85.5 cm³/mol. The average molecular weight is 370 g/mol. The van der Waals surface area contributed by atoms with Gasteiger partial charge in [0.2, 0.25) is 5.91 Å². The molecular weight excluding hydrogens is 352 g/mol. The molecule has 0 atom stereocenters. The molecule has 1 aliphatic rings. The number of morpholine rings is 1. The molecule has 1 aliphatic heterocycles. The summed E-state index contributed by atoms with van der Waals surface area (Å²) in [6.07, 6.45) is -0.859. The number of carbonyl (C=O) groups excluding carboxylic acids is 1. The van der Waals surface area contributed by atoms with Gasteiger partial charge in [0.05, 0.1) is 43.3 Å². The zero-order valence-corrected chi connectivity index (χ0v) is 14.1. The lowest BCUT2D eigenvalue weighted by Gasteiger charge is -2.22. The normalized spacial score (nSPS) is 15.3. The fraction of sp³-hybridized carbons (Fsp3) is 0.429. The summed E-state index contributed by atoms with van der Waals surface area (Å²) in [5.41, 5.74) is 0.461. The minimum Gasteiger partial charge on any atom is -0.481 e. The van der Waals surface area contributed by atoms with Gasteiger partial charge in [-0.25, -0.2) is 13.1 Å². The first-order valence-electron chi connectivity index (χ1n) is 7.49. The Hall–Kier alpha value is -2.53. The minimum atomic E-state index is -4.05. The Bertz CT molecular complexity index is 741. The predicted octanol–water partition coefficient (Wildman–Crippen LogP) is 0.687. The van der Waals surface area contributed by atoms with E-state index in [0.29, 0.717) is 32.0 Å². The van der Waals surface area contributed by atoms with Crippen LogP contribution in [-0.2, 0) is 24.3 Å². The number of hydrogen-bond donors (Lipinski definition) is 2. The van der Waals surface area contributed by atoms with Crippen LogP contribution >= 0.6 is 0 Å². The molecule has 10 nitrogen and oxygen atoms in total. The smallest absolute Gasteiger partial charge is 0.303 e. The van der Waals surface area contributed by atoms with Gasteiger partial charge in [0, 0.05) is 6.42 Å². The molecule has 25 heavy (non-hydrogen) atoms. The van der Waals surface area contributed by atoms with Crippen LogP contribution in [0.3, 0.4) is 0 Å². The maximum absolute atomic E-state index is 12.0. The number of sulfonamides is 1. The molecule has 136 valence electrons. The highest BCUT2D eigenvalue weighted by Crippen LogP contribution is 2.17. The molecule has 1 amide bonds. The number of nitrogens with one attached hydrogen (secondary N) is 1. The van der Waals surface area contributed by atoms with E-state index < -0.39 is 34.7 Å². The molecule has 0 unspecified atom stereocenters. The first kappa shape index (κ1) is 18.8. The van der Waals surface area contributed by atoms with Gasteiger partial charge in [0.15, 0.2) is 0 Å². The van der Waals surface area contributed by atoms with Crippen molar-refractivity contribution in [1.29, 1.82) is 0 Å². The SMILES string of the molecule is O=C(O)CCC(=O)NS(=O)(=O)c1ccc(N=NN2CCOCC2)cc1. The van der Waals surface area contributed by atoms with Crippen LogP contribution in [0.1, 0.15) is 12.8 Å². The largest absolute Gasteiger partial charge is 0.481 e. The molecule has 1 aromatic carbocycles. The summed E-state index contributed by atoms with van der Waals surface area (Å²) in [4.78, 5) is 21.7. The van der Waals surface area contributed by atoms with Gasteiger partial charge in [0.1, 0.15) is 0 Å². The highest BCUT2D eigenvalue weighted by molar-refractivity contribution is 7.90. The first-order chi connectivity index (χ1) is 11.9. The molecule has 2 N–H and O–H groups in total. The van der Waals surface area contributed by atoms with Crippen molar-refractivity contribution in [2.75, 3.05) is 26.3 Å². The van der Waals surface area contributed by atoms with Gasteiger partial charge in [-0.3, -0.25) is 14.6 Å². The van der Waals surface area contributed by atoms with Crippen LogP contribution in [0.5, 0.6) is 0 Å². The molecule has 0 bridgehead atoms. The zero-order valence-electron chi connectivity index (χ0n) is 13.3. The van der Waals surface area contributed by atoms with E-state index >= 15 is 0 Å². The number of carbonyl (C=O) groups is 2. The topological polar surface area (TPSA) is 138 Å². The van der Waals surface area contributed by atoms with Gasteiger partial charge in [-0.15, -0.1) is 5.11 Å². The van der Waals surface area contributed by atoms with E-state index in [2.05, 4.69) is 10.3 Å². The first-order valence-corrected chi connectivity index (χ1v) is 8.97. The van der Waals surface area contributed by atoms with E-state index in [1.165, 1.54) is 24.3 Å². The molecule has 0 aliphatic carbocycles. The molecule has 1 aromatic rings. The fourth-order valence-corrected chi connectivity index (χ4v) is 2.94. The third-order valence-electron chi connectivity index (χ3n) is 3.24. The standard InChI is InChI=1S/C14H18N4O6S/c19-13(5-6-14(20)21)16-25(22,23)12-3-1-11(2-4-12)15-17-18-7-9-24-10-8-18/h1-4H,5-10H2,(H,16,19)(H,20,21). The number of amides is 1. The summed E-state index contributed by atoms with van der Waals surface area (Å²) in [6, 6.07) is 5.50. The average Bonchev–Trinajstić information content (AvgIpc) is 2.59. The van der Waals surface area contributed by atoms with Crippen molar-refractivity contribution in [1.82, 2.24) is 9.73 Å². The van der Waals surface area contributed by atoms with Crippen LogP contribution in [-0.4, -0.2) is 56.7 Å². The zero-order chi connectivity index (χ0) is 18.3. The summed E-state index contributed by atoms with van der Waals surface area (Å²) in [7, 11) is -4.05. The lowest BCUT2D eigenvalue weighted by atomic mass is 10.3. The maximum Gasteiger partial charge on any atom is 0.303 e. The second-order valence-electron chi connectivity index (χ2n) is 5.17. The Morgan fingerprint density at radius 2 is 1.80 bits per heavy atom. The van der Waals surface area contributed by atoms with Crippen molar-refractivity contribution in [3.05, 3.63) is 24.3 Å². The summed E-state index contributed by atoms with van der Waals surface area (Å²) in [5.74, 6) is -2.05. The van der Waals surface area contributed by atoms with Crippen LogP contribution in [0.2, 0.25) is 0 Å². The fourth-order valence-electron chi connectivity index (χ4n) is 1.93. The molecule has 0 radical (unpaired) electrons. The molecule has 0 aromatic heterocycles. The molecule has 1 heterocycles. The number of aliphatic carboxylic acids is 1. The van der Waals surface area contributed by atoms with Crippen molar-refractivity contribution in [3.8, 4) is 0 Å². The van der Waals surface area contributed by atoms with Crippen LogP contribution in [0, 0.1) is 0 Å². The number of rotatable bonds is 7. The number of ether oxygens (including phenoxy) is 1. The Morgan fingerprint density at radius 3 is 2.40 bits per heavy atom. The highest BCUT2D eigenvalue weighted by atomic mass is 32.2. The Balaban J connectivity index is 1.96. The van der Waals surface area contributed by atoms with Gasteiger partial charge in [-0.1, -0.05) is 5.22 Å². The minimum absolute atomic E-state index is 0.124. The number of carboxylic acid groups (broad SMARTS) is 1. The summed E-state index contributed by atoms with van der Waals surface area (Å²) in [6.45, 7) is 2.44. The number of hydrogen-bond acceptors (Lipinski definition) is 7. The molecule has 11 heteroatoms. The van der Waals surface area contributed by atoms with E-state index in [1.807, 2.05) is 4.72 Å². The van der Waals surface area contributed by atoms with Crippen LogP contribution < -0.4 is 4.72 Å². The second kappa shape index (κ2) is 8.53. The third-order valence-corrected chi connectivity index (χ3v) is 4.62. The molecular formula is C14H18N4O6S. The maximum atomic E-state index is 12.0. The van der Waals surface area contributed by atoms with Gasteiger partial charge in [-0.2, -0.15) is 0 Å². The Kier molecular flexibility index (Phi) is 6.42. The van der Waals surface area contributed by atoms with Crippen LogP contribution in [0.15, 0.2) is 39.5 Å². The van der Waals surface area contributed by atoms with E-state index in [0.717, 1.165) is 0 Å². The lowest BCUT2D eigenvalue weighted by molar-refractivity contribution is -0.138. The number of nitrogens with zero attached hydrogens (tertiary/aromatic N) is 3. The lowest BCUT2D eigenvalue weighted by Crippen LogP contribution is -2.31. The van der Waals surface area contributed by atoms with Gasteiger partial charge < -0.3 is 9.84 Å². The van der Waals surface area contributed by atoms with Crippen molar-refractivity contribution in [3.63, 3.8) is 0 Å². The van der Waals surface area contributed by atoms with E-state index in [4.69, 9.17) is 9.84 Å². The van der Waals surface area contributed by atoms with E-state index in [1.54, 1.807) is 5.01 Å². The van der Waals surface area contributed by atoms with Crippen LogP contribution in [0.25, 0.3) is 0 Å². The molecule has 1 saturated heterocycles. The van der Waals surface area contributed by atoms with Gasteiger partial charge in [-0.05, 0) is 24.3 Å². The Labute approximate surface area is 144 Å². The number of carboxylic acids is 1. The van der Waals surface area contributed by atoms with Crippen LogP contribution in [0.4, 0.5) is 5.69 Å². The third kappa shape index (κ3) is 6.12. The molecule has 2 rings (SSSR count). The van der Waals surface area contributed by atoms with Gasteiger partial charge in [0.25, 0.3) is 10.0 Å². The second-order valence-corrected chi connectivity index (χ2v) is 6.85. The van der Waals surface area contributed by atoms with Crippen molar-refractivity contribution < 1.29 is 27.9 Å². The van der Waals surface area contributed by atoms with Crippen molar-refractivity contribution in [2.45, 2.75) is 17.7 Å². The molecule has 1 fully saturated rings. The molecule has 0 saturated carbocycles. The van der Waals surface area contributed by atoms with E-state index in [9.17, 15) is 18.0 Å². The highest BCUT2D eigenvalue weighted by Gasteiger charge is 2.18.